The molecular weight excluding hydrogens is 472 g/mol. The minimum absolute atomic E-state index is 0.536. The number of ether oxygens (including phenoxy) is 2. The Balaban J connectivity index is 1.89. The largest absolute Gasteiger partial charge is 0.394 e. The van der Waals surface area contributed by atoms with Gasteiger partial charge in [0.1, 0.15) is 61.0 Å². The summed E-state index contributed by atoms with van der Waals surface area (Å²) in [6.07, 6.45) is -11.9. The Morgan fingerprint density at radius 1 is 0.639 bits per heavy atom. The van der Waals surface area contributed by atoms with Gasteiger partial charge in [-0.2, -0.15) is 0 Å². The molecule has 2 aliphatic heterocycles. The van der Waals surface area contributed by atoms with Crippen LogP contribution in [0.5, 0.6) is 0 Å². The van der Waals surface area contributed by atoms with Crippen molar-refractivity contribution < 1.29 is 50.3 Å². The first-order chi connectivity index (χ1) is 17.2. The third kappa shape index (κ3) is 5.91. The average molecular weight is 507 g/mol. The lowest BCUT2D eigenvalue weighted by Gasteiger charge is -2.37. The number of aliphatic hydroxyl groups is 8. The zero-order chi connectivity index (χ0) is 26.6. The third-order valence-corrected chi connectivity index (χ3v) is 6.55. The molecule has 2 saturated heterocycles. The van der Waals surface area contributed by atoms with Crippen LogP contribution in [0.4, 0.5) is 0 Å². The molecule has 0 amide bonds. The molecule has 8 N–H and O–H groups in total. The molecule has 36 heavy (non-hydrogen) atoms. The van der Waals surface area contributed by atoms with Gasteiger partial charge >= 0.3 is 0 Å². The van der Waals surface area contributed by atoms with E-state index in [1.165, 1.54) is 0 Å². The summed E-state index contributed by atoms with van der Waals surface area (Å²) in [7, 11) is 0. The van der Waals surface area contributed by atoms with Gasteiger partial charge in [-0.1, -0.05) is 37.5 Å². The number of aryl methyl sites for hydroxylation is 2. The fraction of sp³-hybridized carbons (Fsp3) is 0.615. The third-order valence-electron chi connectivity index (χ3n) is 6.55. The first-order valence-electron chi connectivity index (χ1n) is 12.0. The second-order valence-electron chi connectivity index (χ2n) is 8.91. The van der Waals surface area contributed by atoms with Crippen molar-refractivity contribution in [1.82, 2.24) is 0 Å². The molecule has 0 aliphatic carbocycles. The highest BCUT2D eigenvalue weighted by molar-refractivity contribution is 5.53. The summed E-state index contributed by atoms with van der Waals surface area (Å²) in [6, 6.07) is 3.63. The van der Waals surface area contributed by atoms with Crippen molar-refractivity contribution in [1.29, 1.82) is 0 Å². The molecule has 2 heterocycles. The van der Waals surface area contributed by atoms with E-state index in [0.29, 0.717) is 24.0 Å². The lowest BCUT2D eigenvalue weighted by atomic mass is 9.92. The van der Waals surface area contributed by atoms with Gasteiger partial charge in [0, 0.05) is 11.1 Å². The maximum absolute atomic E-state index is 10.3. The molecule has 2 fully saturated rings. The van der Waals surface area contributed by atoms with Crippen molar-refractivity contribution >= 4 is 0 Å². The summed E-state index contributed by atoms with van der Waals surface area (Å²) in [4.78, 5) is 0. The SMILES string of the molecule is CCc1cc(C#C[C@H]2O[C@H](CO)[C@@H](O)[C@H](O)[C@@H]2O)cc(CC)c1C#C[C@H]1O[C@H](CO)[C@@H](O)[C@H](O)[C@@H]1O. The van der Waals surface area contributed by atoms with Crippen LogP contribution < -0.4 is 0 Å². The second-order valence-corrected chi connectivity index (χ2v) is 8.91. The molecule has 3 rings (SSSR count). The highest BCUT2D eigenvalue weighted by Crippen LogP contribution is 2.24. The number of hydrogen-bond acceptors (Lipinski definition) is 10. The van der Waals surface area contributed by atoms with Crippen molar-refractivity contribution in [2.24, 2.45) is 0 Å². The lowest BCUT2D eigenvalue weighted by Crippen LogP contribution is -2.58. The van der Waals surface area contributed by atoms with Crippen LogP contribution in [0.15, 0.2) is 12.1 Å². The van der Waals surface area contributed by atoms with Gasteiger partial charge in [0.15, 0.2) is 0 Å². The summed E-state index contributed by atoms with van der Waals surface area (Å²) in [5.41, 5.74) is 3.02. The van der Waals surface area contributed by atoms with Gasteiger partial charge in [-0.25, -0.2) is 0 Å². The second kappa shape index (κ2) is 12.5. The minimum Gasteiger partial charge on any atom is -0.394 e. The van der Waals surface area contributed by atoms with Crippen LogP contribution >= 0.6 is 0 Å². The molecule has 0 aromatic heterocycles. The van der Waals surface area contributed by atoms with Crippen molar-refractivity contribution in [2.45, 2.75) is 87.7 Å². The molecule has 0 radical (unpaired) electrons. The highest BCUT2D eigenvalue weighted by Gasteiger charge is 2.43. The standard InChI is InChI=1S/C26H34O10/c1-3-14-9-13(5-7-17-21(29)25(33)23(31)19(11-27)35-17)10-15(4-2)16(14)6-8-18-22(30)26(34)24(32)20(12-28)36-18/h9-10,17-34H,3-4,11-12H2,1-2H3/t17-,18-,19-,20-,21-,22-,23-,24-,25-,26-/m1/s1. The number of rotatable bonds is 4. The van der Waals surface area contributed by atoms with Gasteiger partial charge in [-0.05, 0) is 36.1 Å². The zero-order valence-corrected chi connectivity index (χ0v) is 20.2. The van der Waals surface area contributed by atoms with Crippen LogP contribution in [0.25, 0.3) is 0 Å². The Bertz CT molecular complexity index is 992. The summed E-state index contributed by atoms with van der Waals surface area (Å²) in [5.74, 6) is 11.5. The Morgan fingerprint density at radius 3 is 1.44 bits per heavy atom. The normalized spacial score (nSPS) is 36.4. The molecule has 0 spiro atoms. The molecule has 0 saturated carbocycles. The van der Waals surface area contributed by atoms with Gasteiger partial charge in [0.25, 0.3) is 0 Å². The van der Waals surface area contributed by atoms with Crippen LogP contribution in [-0.2, 0) is 22.3 Å². The molecule has 2 aliphatic rings. The van der Waals surface area contributed by atoms with E-state index in [9.17, 15) is 40.9 Å². The summed E-state index contributed by atoms with van der Waals surface area (Å²) in [6.45, 7) is 2.79. The van der Waals surface area contributed by atoms with E-state index in [1.807, 2.05) is 26.0 Å². The highest BCUT2D eigenvalue weighted by atomic mass is 16.5. The average Bonchev–Trinajstić information content (AvgIpc) is 2.89. The molecule has 10 nitrogen and oxygen atoms in total. The van der Waals surface area contributed by atoms with E-state index in [2.05, 4.69) is 23.7 Å². The molecule has 198 valence electrons. The number of benzene rings is 1. The predicted octanol–water partition coefficient (Wildman–Crippen LogP) is -2.80. The summed E-state index contributed by atoms with van der Waals surface area (Å²) < 4.78 is 10.9. The van der Waals surface area contributed by atoms with Crippen molar-refractivity contribution in [2.75, 3.05) is 13.2 Å². The first kappa shape index (κ1) is 28.5. The summed E-state index contributed by atoms with van der Waals surface area (Å²) >= 11 is 0. The molecule has 0 bridgehead atoms. The Kier molecular flexibility index (Phi) is 9.86. The Morgan fingerprint density at radius 2 is 1.06 bits per heavy atom. The maximum atomic E-state index is 10.3. The van der Waals surface area contributed by atoms with Crippen molar-refractivity contribution in [3.05, 3.63) is 34.4 Å². The van der Waals surface area contributed by atoms with Crippen LogP contribution in [-0.4, -0.2) is 115 Å². The Hall–Kier alpha value is -2.06. The predicted molar refractivity (Wildman–Crippen MR) is 126 cm³/mol. The fourth-order valence-corrected chi connectivity index (χ4v) is 4.30. The van der Waals surface area contributed by atoms with Crippen molar-refractivity contribution in [3.8, 4) is 23.7 Å². The monoisotopic (exact) mass is 506 g/mol. The quantitative estimate of drug-likeness (QED) is 0.199. The van der Waals surface area contributed by atoms with Crippen LogP contribution in [0, 0.1) is 23.7 Å². The van der Waals surface area contributed by atoms with E-state index in [1.54, 1.807) is 0 Å². The number of aliphatic hydroxyl groups excluding tert-OH is 8. The fourth-order valence-electron chi connectivity index (χ4n) is 4.30. The van der Waals surface area contributed by atoms with Crippen molar-refractivity contribution in [3.63, 3.8) is 0 Å². The molecule has 10 atom stereocenters. The van der Waals surface area contributed by atoms with Crippen LogP contribution in [0.2, 0.25) is 0 Å². The van der Waals surface area contributed by atoms with Gasteiger partial charge in [-0.3, -0.25) is 0 Å². The smallest absolute Gasteiger partial charge is 0.147 e. The van der Waals surface area contributed by atoms with E-state index >= 15 is 0 Å². The first-order valence-corrected chi connectivity index (χ1v) is 12.0. The minimum atomic E-state index is -1.51. The van der Waals surface area contributed by atoms with Gasteiger partial charge in [0.2, 0.25) is 0 Å². The molecule has 0 unspecified atom stereocenters. The maximum Gasteiger partial charge on any atom is 0.147 e. The topological polar surface area (TPSA) is 180 Å². The van der Waals surface area contributed by atoms with Gasteiger partial charge in [0.05, 0.1) is 13.2 Å². The van der Waals surface area contributed by atoms with E-state index < -0.39 is 74.3 Å². The Labute approximate surface area is 209 Å². The zero-order valence-electron chi connectivity index (χ0n) is 20.2. The van der Waals surface area contributed by atoms with Gasteiger partial charge in [-0.15, -0.1) is 0 Å². The molecular formula is C26H34O10. The van der Waals surface area contributed by atoms with Crippen LogP contribution in [0.1, 0.15) is 36.1 Å². The summed E-state index contributed by atoms with van der Waals surface area (Å²) in [5, 5.41) is 79.1. The molecule has 1 aromatic carbocycles. The van der Waals surface area contributed by atoms with E-state index in [-0.39, 0.29) is 0 Å². The lowest BCUT2D eigenvalue weighted by molar-refractivity contribution is -0.214. The molecule has 10 heteroatoms. The van der Waals surface area contributed by atoms with Gasteiger partial charge < -0.3 is 50.3 Å². The number of hydrogen-bond donors (Lipinski definition) is 8. The van der Waals surface area contributed by atoms with Crippen LogP contribution in [0.3, 0.4) is 0 Å². The molecule has 1 aromatic rings. The van der Waals surface area contributed by atoms with E-state index in [0.717, 1.165) is 11.1 Å². The van der Waals surface area contributed by atoms with E-state index in [4.69, 9.17) is 9.47 Å².